The van der Waals surface area contributed by atoms with E-state index in [2.05, 4.69) is 20.5 Å². The number of pyridine rings is 1. The van der Waals surface area contributed by atoms with Crippen molar-refractivity contribution >= 4 is 34.5 Å². The van der Waals surface area contributed by atoms with Crippen LogP contribution in [0.4, 0.5) is 18.0 Å². The van der Waals surface area contributed by atoms with Crippen LogP contribution in [0.5, 0.6) is 6.08 Å². The fourth-order valence-corrected chi connectivity index (χ4v) is 3.93. The summed E-state index contributed by atoms with van der Waals surface area (Å²) in [5.74, 6) is -0.470. The number of halogens is 4. The normalized spacial score (nSPS) is 18.5. The number of carboxylic acid groups (broad SMARTS) is 1. The van der Waals surface area contributed by atoms with Gasteiger partial charge in [-0.1, -0.05) is 22.8 Å². The van der Waals surface area contributed by atoms with Crippen molar-refractivity contribution in [2.45, 2.75) is 31.1 Å². The molecule has 0 radical (unpaired) electrons. The first-order valence-electron chi connectivity index (χ1n) is 10.7. The van der Waals surface area contributed by atoms with Gasteiger partial charge in [0.15, 0.2) is 0 Å². The average Bonchev–Trinajstić information content (AvgIpc) is 3.29. The molecule has 3 heterocycles. The van der Waals surface area contributed by atoms with E-state index >= 15 is 0 Å². The van der Waals surface area contributed by atoms with Crippen LogP contribution in [-0.2, 0) is 0 Å². The molecule has 0 aliphatic carbocycles. The van der Waals surface area contributed by atoms with E-state index in [0.29, 0.717) is 22.5 Å². The Hall–Kier alpha value is -3.87. The highest BCUT2D eigenvalue weighted by atomic mass is 35.5. The standard InChI is InChI=1S/C22H19ClF3N5O5/c23-14-3-2-12-8-13(10-27-16(12)9-14)18(32)28-15-4-5-17(31(11-15)21(33)34)19-29-30-20(36-19)35-7-1-6-22(24,25)26/h1-3,6,8-10,15,17H,4-5,7,11H2,(H,28,32)(H,33,34)/b6-1+/t15-,17+/m0/s1. The van der Waals surface area contributed by atoms with Gasteiger partial charge in [-0.3, -0.25) is 14.7 Å². The summed E-state index contributed by atoms with van der Waals surface area (Å²) in [6.07, 6.45) is -3.31. The van der Waals surface area contributed by atoms with Gasteiger partial charge in [-0.2, -0.15) is 13.2 Å². The first-order valence-corrected chi connectivity index (χ1v) is 11.0. The summed E-state index contributed by atoms with van der Waals surface area (Å²) in [6, 6.07) is 5.48. The molecule has 10 nitrogen and oxygen atoms in total. The lowest BCUT2D eigenvalue weighted by Crippen LogP contribution is -2.50. The van der Waals surface area contributed by atoms with Gasteiger partial charge in [0.25, 0.3) is 5.91 Å². The molecule has 2 aromatic heterocycles. The molecule has 1 fully saturated rings. The lowest BCUT2D eigenvalue weighted by atomic mass is 9.98. The van der Waals surface area contributed by atoms with E-state index in [0.717, 1.165) is 16.4 Å². The molecule has 4 rings (SSSR count). The molecule has 2 amide bonds. The first kappa shape index (κ1) is 25.2. The van der Waals surface area contributed by atoms with Gasteiger partial charge in [0, 0.05) is 35.3 Å². The molecule has 0 bridgehead atoms. The molecule has 1 aromatic carbocycles. The summed E-state index contributed by atoms with van der Waals surface area (Å²) in [7, 11) is 0. The predicted molar refractivity (Wildman–Crippen MR) is 120 cm³/mol. The Kier molecular flexibility index (Phi) is 7.29. The number of carbonyl (C=O) groups is 2. The second-order valence-corrected chi connectivity index (χ2v) is 8.36. The maximum atomic E-state index is 12.8. The Bertz CT molecular complexity index is 1300. The maximum Gasteiger partial charge on any atom is 0.415 e. The van der Waals surface area contributed by atoms with Crippen LogP contribution in [0.15, 0.2) is 47.0 Å². The zero-order valence-electron chi connectivity index (χ0n) is 18.4. The van der Waals surface area contributed by atoms with Gasteiger partial charge >= 0.3 is 18.3 Å². The lowest BCUT2D eigenvalue weighted by molar-refractivity contribution is -0.0802. The van der Waals surface area contributed by atoms with Crippen molar-refractivity contribution in [2.75, 3.05) is 13.2 Å². The number of carbonyl (C=O) groups excluding carboxylic acids is 1. The van der Waals surface area contributed by atoms with Gasteiger partial charge in [0.1, 0.15) is 12.6 Å². The van der Waals surface area contributed by atoms with E-state index in [1.54, 1.807) is 24.3 Å². The third-order valence-electron chi connectivity index (χ3n) is 5.39. The highest BCUT2D eigenvalue weighted by Gasteiger charge is 2.36. The topological polar surface area (TPSA) is 131 Å². The number of alkyl halides is 3. The van der Waals surface area contributed by atoms with E-state index in [1.807, 2.05) is 0 Å². The number of rotatable bonds is 6. The molecule has 2 N–H and O–H groups in total. The van der Waals surface area contributed by atoms with E-state index in [4.69, 9.17) is 20.8 Å². The highest BCUT2D eigenvalue weighted by molar-refractivity contribution is 6.31. The van der Waals surface area contributed by atoms with Crippen molar-refractivity contribution in [3.05, 3.63) is 59.1 Å². The Morgan fingerprint density at radius 2 is 2.08 bits per heavy atom. The Labute approximate surface area is 206 Å². The number of nitrogens with one attached hydrogen (secondary N) is 1. The molecule has 14 heteroatoms. The van der Waals surface area contributed by atoms with Crippen molar-refractivity contribution < 1.29 is 37.0 Å². The molecule has 36 heavy (non-hydrogen) atoms. The summed E-state index contributed by atoms with van der Waals surface area (Å²) < 4.78 is 46.7. The van der Waals surface area contributed by atoms with Crippen LogP contribution in [0.1, 0.15) is 35.1 Å². The number of likely N-dealkylation sites (tertiary alicyclic amines) is 1. The minimum absolute atomic E-state index is 0.00953. The van der Waals surface area contributed by atoms with Gasteiger partial charge < -0.3 is 19.6 Å². The minimum Gasteiger partial charge on any atom is -0.465 e. The molecule has 0 saturated carbocycles. The Balaban J connectivity index is 1.38. The second kappa shape index (κ2) is 10.4. The van der Waals surface area contributed by atoms with Crippen LogP contribution in [0.3, 0.4) is 0 Å². The smallest absolute Gasteiger partial charge is 0.415 e. The predicted octanol–water partition coefficient (Wildman–Crippen LogP) is 4.38. The number of allylic oxidation sites excluding steroid dienone is 1. The third kappa shape index (κ3) is 6.22. The molecular formula is C22H19ClF3N5O5. The number of nitrogens with zero attached hydrogens (tertiary/aromatic N) is 4. The van der Waals surface area contributed by atoms with Gasteiger partial charge in [0.05, 0.1) is 11.1 Å². The SMILES string of the molecule is O=C(N[C@H]1CC[C@H](c2nnc(OC/C=C/C(F)(F)F)o2)N(C(=O)O)C1)c1cnc2cc(Cl)ccc2c1. The van der Waals surface area contributed by atoms with E-state index in [9.17, 15) is 27.9 Å². The van der Waals surface area contributed by atoms with Crippen LogP contribution in [0.25, 0.3) is 10.9 Å². The largest absolute Gasteiger partial charge is 0.465 e. The average molecular weight is 526 g/mol. The fraction of sp³-hybridized carbons (Fsp3) is 0.318. The number of aromatic nitrogens is 3. The van der Waals surface area contributed by atoms with Crippen molar-refractivity contribution in [2.24, 2.45) is 0 Å². The number of amides is 2. The first-order chi connectivity index (χ1) is 17.1. The van der Waals surface area contributed by atoms with E-state index in [1.165, 1.54) is 6.20 Å². The Morgan fingerprint density at radius 3 is 2.83 bits per heavy atom. The van der Waals surface area contributed by atoms with E-state index < -0.39 is 36.9 Å². The molecule has 1 saturated heterocycles. The summed E-state index contributed by atoms with van der Waals surface area (Å²) in [5, 5.41) is 21.1. The molecule has 1 aliphatic heterocycles. The fourth-order valence-electron chi connectivity index (χ4n) is 3.76. The van der Waals surface area contributed by atoms with Crippen LogP contribution in [0.2, 0.25) is 5.02 Å². The second-order valence-electron chi connectivity index (χ2n) is 7.92. The van der Waals surface area contributed by atoms with Crippen molar-refractivity contribution in [3.63, 3.8) is 0 Å². The molecule has 2 atom stereocenters. The summed E-state index contributed by atoms with van der Waals surface area (Å²) >= 11 is 5.96. The van der Waals surface area contributed by atoms with Gasteiger partial charge in [-0.05, 0) is 37.1 Å². The summed E-state index contributed by atoms with van der Waals surface area (Å²) in [4.78, 5) is 29.9. The van der Waals surface area contributed by atoms with Crippen LogP contribution in [0, 0.1) is 0 Å². The van der Waals surface area contributed by atoms with E-state index in [-0.39, 0.29) is 31.0 Å². The summed E-state index contributed by atoms with van der Waals surface area (Å²) in [5.41, 5.74) is 0.947. The van der Waals surface area contributed by atoms with Crippen LogP contribution >= 0.6 is 11.6 Å². The van der Waals surface area contributed by atoms with Gasteiger partial charge in [-0.25, -0.2) is 4.79 Å². The molecule has 0 unspecified atom stereocenters. The van der Waals surface area contributed by atoms with Crippen molar-refractivity contribution in [3.8, 4) is 6.08 Å². The number of hydrogen-bond donors (Lipinski definition) is 2. The molecule has 1 aliphatic rings. The summed E-state index contributed by atoms with van der Waals surface area (Å²) in [6.45, 7) is -0.505. The van der Waals surface area contributed by atoms with Gasteiger partial charge in [0.2, 0.25) is 5.89 Å². The maximum absolute atomic E-state index is 12.8. The quantitative estimate of drug-likeness (QED) is 0.453. The van der Waals surface area contributed by atoms with Crippen LogP contribution in [-0.4, -0.2) is 62.6 Å². The lowest BCUT2D eigenvalue weighted by Gasteiger charge is -2.36. The zero-order chi connectivity index (χ0) is 25.9. The van der Waals surface area contributed by atoms with Crippen molar-refractivity contribution in [1.29, 1.82) is 0 Å². The molecule has 0 spiro atoms. The minimum atomic E-state index is -4.47. The number of ether oxygens (including phenoxy) is 1. The monoisotopic (exact) mass is 525 g/mol. The molecule has 190 valence electrons. The van der Waals surface area contributed by atoms with Crippen LogP contribution < -0.4 is 10.1 Å². The molecule has 3 aromatic rings. The zero-order valence-corrected chi connectivity index (χ0v) is 19.2. The Morgan fingerprint density at radius 1 is 1.28 bits per heavy atom. The highest BCUT2D eigenvalue weighted by Crippen LogP contribution is 2.31. The molecular weight excluding hydrogens is 507 g/mol. The van der Waals surface area contributed by atoms with Gasteiger partial charge in [-0.15, -0.1) is 5.10 Å². The number of piperidine rings is 1. The number of benzene rings is 1. The number of fused-ring (bicyclic) bond motifs is 1. The van der Waals surface area contributed by atoms with Crippen molar-refractivity contribution in [1.82, 2.24) is 25.4 Å². The number of hydrogen-bond acceptors (Lipinski definition) is 7. The third-order valence-corrected chi connectivity index (χ3v) is 5.62.